The first-order chi connectivity index (χ1) is 9.81. The van der Waals surface area contributed by atoms with Gasteiger partial charge in [-0.2, -0.15) is 0 Å². The Labute approximate surface area is 124 Å². The molecular formula is C14H24N2O5. The van der Waals surface area contributed by atoms with Crippen molar-refractivity contribution in [1.82, 2.24) is 10.6 Å². The molecule has 3 atom stereocenters. The van der Waals surface area contributed by atoms with Crippen molar-refractivity contribution in [2.75, 3.05) is 7.11 Å². The smallest absolute Gasteiger partial charge is 0.326 e. The number of nitrogens with one attached hydrogen (secondary N) is 2. The third kappa shape index (κ3) is 6.01. The molecule has 0 heterocycles. The predicted octanol–water partition coefficient (Wildman–Crippen LogP) is 1.13. The molecule has 7 heteroatoms. The van der Waals surface area contributed by atoms with E-state index in [4.69, 9.17) is 5.11 Å². The first-order valence-corrected chi connectivity index (χ1v) is 7.18. The lowest BCUT2D eigenvalue weighted by Crippen LogP contribution is -2.51. The SMILES string of the molecule is COC(=O)C[C@H](NC(=O)NC1CC(C)CC(C)C1)C(=O)O. The van der Waals surface area contributed by atoms with Crippen LogP contribution in [0, 0.1) is 11.8 Å². The minimum absolute atomic E-state index is 0.0383. The second kappa shape index (κ2) is 7.85. The van der Waals surface area contributed by atoms with Crippen molar-refractivity contribution < 1.29 is 24.2 Å². The van der Waals surface area contributed by atoms with Crippen LogP contribution in [0.5, 0.6) is 0 Å². The standard InChI is InChI=1S/C14H24N2O5/c1-8-4-9(2)6-10(5-8)15-14(20)16-11(13(18)19)7-12(17)21-3/h8-11H,4-7H2,1-3H3,(H,18,19)(H2,15,16,20)/t8?,9?,10?,11-/m0/s1. The lowest BCUT2D eigenvalue weighted by atomic mass is 9.80. The highest BCUT2D eigenvalue weighted by atomic mass is 16.5. The Morgan fingerprint density at radius 2 is 1.76 bits per heavy atom. The van der Waals surface area contributed by atoms with Crippen LogP contribution < -0.4 is 10.6 Å². The maximum Gasteiger partial charge on any atom is 0.326 e. The molecule has 0 aromatic rings. The first-order valence-electron chi connectivity index (χ1n) is 7.18. The van der Waals surface area contributed by atoms with E-state index < -0.39 is 30.4 Å². The van der Waals surface area contributed by atoms with Gasteiger partial charge in [0.05, 0.1) is 13.5 Å². The van der Waals surface area contributed by atoms with Crippen molar-refractivity contribution in [2.24, 2.45) is 11.8 Å². The van der Waals surface area contributed by atoms with Gasteiger partial charge in [-0.05, 0) is 31.1 Å². The lowest BCUT2D eigenvalue weighted by molar-refractivity contribution is -0.147. The average Bonchev–Trinajstić information content (AvgIpc) is 2.36. The third-order valence-corrected chi connectivity index (χ3v) is 3.72. The Morgan fingerprint density at radius 3 is 2.24 bits per heavy atom. The van der Waals surface area contributed by atoms with Crippen LogP contribution in [0.25, 0.3) is 0 Å². The van der Waals surface area contributed by atoms with Gasteiger partial charge in [0, 0.05) is 6.04 Å². The summed E-state index contributed by atoms with van der Waals surface area (Å²) in [5, 5.41) is 14.1. The van der Waals surface area contributed by atoms with Gasteiger partial charge >= 0.3 is 18.0 Å². The third-order valence-electron chi connectivity index (χ3n) is 3.72. The summed E-state index contributed by atoms with van der Waals surface area (Å²) in [6.07, 6.45) is 2.51. The first kappa shape index (κ1) is 17.3. The molecule has 2 unspecified atom stereocenters. The van der Waals surface area contributed by atoms with Gasteiger partial charge in [-0.15, -0.1) is 0 Å². The van der Waals surface area contributed by atoms with Gasteiger partial charge in [0.1, 0.15) is 6.04 Å². The van der Waals surface area contributed by atoms with Gasteiger partial charge in [0.15, 0.2) is 0 Å². The van der Waals surface area contributed by atoms with Crippen LogP contribution in [0.4, 0.5) is 4.79 Å². The van der Waals surface area contributed by atoms with E-state index in [1.54, 1.807) is 0 Å². The van der Waals surface area contributed by atoms with Crippen LogP contribution >= 0.6 is 0 Å². The molecule has 0 spiro atoms. The van der Waals surface area contributed by atoms with E-state index in [-0.39, 0.29) is 6.04 Å². The number of ether oxygens (including phenoxy) is 1. The Hall–Kier alpha value is -1.79. The summed E-state index contributed by atoms with van der Waals surface area (Å²) in [7, 11) is 1.17. The van der Waals surface area contributed by atoms with Gasteiger partial charge in [-0.1, -0.05) is 13.8 Å². The van der Waals surface area contributed by atoms with Crippen LogP contribution in [-0.2, 0) is 14.3 Å². The van der Waals surface area contributed by atoms with Gasteiger partial charge < -0.3 is 20.5 Å². The average molecular weight is 300 g/mol. The maximum atomic E-state index is 11.9. The summed E-state index contributed by atoms with van der Waals surface area (Å²) < 4.78 is 4.42. The minimum atomic E-state index is -1.28. The number of rotatable bonds is 5. The van der Waals surface area contributed by atoms with E-state index in [0.29, 0.717) is 11.8 Å². The normalized spacial score (nSPS) is 26.5. The van der Waals surface area contributed by atoms with Crippen LogP contribution in [-0.4, -0.2) is 42.3 Å². The largest absolute Gasteiger partial charge is 0.480 e. The van der Waals surface area contributed by atoms with Crippen molar-refractivity contribution in [3.63, 3.8) is 0 Å². The number of esters is 1. The van der Waals surface area contributed by atoms with Gasteiger partial charge in [0.2, 0.25) is 0 Å². The van der Waals surface area contributed by atoms with E-state index in [2.05, 4.69) is 29.2 Å². The lowest BCUT2D eigenvalue weighted by Gasteiger charge is -2.32. The summed E-state index contributed by atoms with van der Waals surface area (Å²) in [5.41, 5.74) is 0. The number of urea groups is 1. The fourth-order valence-corrected chi connectivity index (χ4v) is 2.90. The van der Waals surface area contributed by atoms with Gasteiger partial charge in [-0.3, -0.25) is 4.79 Å². The molecule has 1 aliphatic carbocycles. The number of methoxy groups -OCH3 is 1. The van der Waals surface area contributed by atoms with Crippen molar-refractivity contribution in [3.8, 4) is 0 Å². The fraction of sp³-hybridized carbons (Fsp3) is 0.786. The summed E-state index contributed by atoms with van der Waals surface area (Å²) in [4.78, 5) is 34.0. The van der Waals surface area contributed by atoms with Crippen molar-refractivity contribution in [2.45, 2.75) is 51.6 Å². The highest BCUT2D eigenvalue weighted by Gasteiger charge is 2.28. The van der Waals surface area contributed by atoms with Crippen molar-refractivity contribution >= 4 is 18.0 Å². The molecule has 21 heavy (non-hydrogen) atoms. The summed E-state index contributed by atoms with van der Waals surface area (Å²) in [6.45, 7) is 4.28. The summed E-state index contributed by atoms with van der Waals surface area (Å²) in [6, 6.07) is -1.80. The molecule has 0 radical (unpaired) electrons. The molecule has 0 aliphatic heterocycles. The molecule has 120 valence electrons. The Kier molecular flexibility index (Phi) is 6.45. The number of aliphatic carboxylic acids is 1. The quantitative estimate of drug-likeness (QED) is 0.660. The molecule has 0 aromatic heterocycles. The molecular weight excluding hydrogens is 276 g/mol. The van der Waals surface area contributed by atoms with Crippen LogP contribution in [0.3, 0.4) is 0 Å². The molecule has 0 saturated heterocycles. The topological polar surface area (TPSA) is 105 Å². The summed E-state index contributed by atoms with van der Waals surface area (Å²) >= 11 is 0. The molecule has 0 bridgehead atoms. The minimum Gasteiger partial charge on any atom is -0.480 e. The second-order valence-electron chi connectivity index (χ2n) is 5.90. The van der Waals surface area contributed by atoms with E-state index in [1.165, 1.54) is 7.11 Å². The summed E-state index contributed by atoms with van der Waals surface area (Å²) in [5.74, 6) is -0.877. The molecule has 1 fully saturated rings. The number of carboxylic acid groups (broad SMARTS) is 1. The molecule has 7 nitrogen and oxygen atoms in total. The number of hydrogen-bond acceptors (Lipinski definition) is 4. The number of carbonyl (C=O) groups excluding carboxylic acids is 2. The predicted molar refractivity (Wildman–Crippen MR) is 75.7 cm³/mol. The Morgan fingerprint density at radius 1 is 1.19 bits per heavy atom. The highest BCUT2D eigenvalue weighted by molar-refractivity contribution is 5.86. The maximum absolute atomic E-state index is 11.9. The zero-order valence-corrected chi connectivity index (χ0v) is 12.7. The van der Waals surface area contributed by atoms with Crippen LogP contribution in [0.2, 0.25) is 0 Å². The zero-order valence-electron chi connectivity index (χ0n) is 12.7. The Bertz CT molecular complexity index is 389. The zero-order chi connectivity index (χ0) is 16.0. The number of carbonyl (C=O) groups is 3. The van der Waals surface area contributed by atoms with Crippen LogP contribution in [0.15, 0.2) is 0 Å². The number of amides is 2. The van der Waals surface area contributed by atoms with Crippen molar-refractivity contribution in [1.29, 1.82) is 0 Å². The monoisotopic (exact) mass is 300 g/mol. The fourth-order valence-electron chi connectivity index (χ4n) is 2.90. The van der Waals surface area contributed by atoms with E-state index in [9.17, 15) is 14.4 Å². The van der Waals surface area contributed by atoms with Crippen molar-refractivity contribution in [3.05, 3.63) is 0 Å². The van der Waals surface area contributed by atoms with Gasteiger partial charge in [-0.25, -0.2) is 9.59 Å². The van der Waals surface area contributed by atoms with E-state index in [1.807, 2.05) is 0 Å². The number of carboxylic acids is 1. The Balaban J connectivity index is 2.50. The van der Waals surface area contributed by atoms with E-state index >= 15 is 0 Å². The molecule has 3 N–H and O–H groups in total. The molecule has 2 amide bonds. The molecule has 1 rings (SSSR count). The van der Waals surface area contributed by atoms with E-state index in [0.717, 1.165) is 19.3 Å². The molecule has 1 saturated carbocycles. The van der Waals surface area contributed by atoms with Crippen LogP contribution in [0.1, 0.15) is 39.5 Å². The highest BCUT2D eigenvalue weighted by Crippen LogP contribution is 2.28. The number of hydrogen-bond donors (Lipinski definition) is 3. The van der Waals surface area contributed by atoms with Gasteiger partial charge in [0.25, 0.3) is 0 Å². The molecule has 0 aromatic carbocycles. The molecule has 1 aliphatic rings. The second-order valence-corrected chi connectivity index (χ2v) is 5.90.